The van der Waals surface area contributed by atoms with E-state index in [1.165, 1.54) is 11.3 Å². The molecule has 0 fully saturated rings. The fourth-order valence-corrected chi connectivity index (χ4v) is 3.27. The molecule has 0 saturated heterocycles. The topological polar surface area (TPSA) is 37.8 Å². The number of nitrogens with zero attached hydrogens (tertiary/aromatic N) is 2. The van der Waals surface area contributed by atoms with Crippen LogP contribution >= 0.6 is 23.2 Å². The molecule has 5 heteroatoms. The van der Waals surface area contributed by atoms with Gasteiger partial charge in [0.15, 0.2) is 0 Å². The molecule has 1 heterocycles. The summed E-state index contributed by atoms with van der Waals surface area (Å²) in [6, 6.07) is 5.55. The van der Waals surface area contributed by atoms with Crippen LogP contribution in [0.5, 0.6) is 0 Å². The van der Waals surface area contributed by atoms with E-state index in [2.05, 4.69) is 17.2 Å². The number of fused-ring (bicyclic) bond motifs is 1. The number of aryl methyl sites for hydroxylation is 1. The van der Waals surface area contributed by atoms with E-state index in [0.717, 1.165) is 43.0 Å². The number of benzene rings is 1. The Bertz CT molecular complexity index is 651. The first-order valence-corrected chi connectivity index (χ1v) is 8.00. The standard InChI is InChI=1S/C16H17Cl2N3/c1-2-19-16-10-5-3-8-14(10)20-15(21-16)9-11-12(17)6-4-7-13(11)18/h4,6-7H,2-3,5,8-9H2,1H3,(H,19,20,21). The van der Waals surface area contributed by atoms with Crippen molar-refractivity contribution >= 4 is 29.0 Å². The maximum atomic E-state index is 6.24. The summed E-state index contributed by atoms with van der Waals surface area (Å²) in [6.07, 6.45) is 3.80. The third-order valence-electron chi connectivity index (χ3n) is 3.72. The van der Waals surface area contributed by atoms with Gasteiger partial charge in [0, 0.05) is 34.3 Å². The molecule has 1 N–H and O–H groups in total. The molecule has 0 aliphatic heterocycles. The fraction of sp³-hybridized carbons (Fsp3) is 0.375. The fourth-order valence-electron chi connectivity index (χ4n) is 2.74. The maximum Gasteiger partial charge on any atom is 0.135 e. The molecule has 0 spiro atoms. The maximum absolute atomic E-state index is 6.24. The third-order valence-corrected chi connectivity index (χ3v) is 4.43. The Kier molecular flexibility index (Phi) is 4.32. The molecule has 0 unspecified atom stereocenters. The van der Waals surface area contributed by atoms with Crippen molar-refractivity contribution < 1.29 is 0 Å². The quantitative estimate of drug-likeness (QED) is 0.912. The summed E-state index contributed by atoms with van der Waals surface area (Å²) < 4.78 is 0. The Hall–Kier alpha value is -1.32. The van der Waals surface area contributed by atoms with Crippen LogP contribution in [0.25, 0.3) is 0 Å². The molecule has 21 heavy (non-hydrogen) atoms. The minimum atomic E-state index is 0.560. The second-order valence-electron chi connectivity index (χ2n) is 5.17. The Morgan fingerprint density at radius 2 is 1.90 bits per heavy atom. The van der Waals surface area contributed by atoms with E-state index in [0.29, 0.717) is 16.5 Å². The molecule has 0 saturated carbocycles. The van der Waals surface area contributed by atoms with E-state index >= 15 is 0 Å². The zero-order chi connectivity index (χ0) is 14.8. The molecule has 1 aromatic heterocycles. The third kappa shape index (κ3) is 2.99. The van der Waals surface area contributed by atoms with Gasteiger partial charge in [-0.15, -0.1) is 0 Å². The summed E-state index contributed by atoms with van der Waals surface area (Å²) in [5.41, 5.74) is 3.33. The lowest BCUT2D eigenvalue weighted by atomic mass is 10.1. The number of hydrogen-bond acceptors (Lipinski definition) is 3. The second kappa shape index (κ2) is 6.20. The minimum Gasteiger partial charge on any atom is -0.370 e. The van der Waals surface area contributed by atoms with Gasteiger partial charge in [-0.25, -0.2) is 9.97 Å². The Morgan fingerprint density at radius 1 is 1.14 bits per heavy atom. The van der Waals surface area contributed by atoms with Crippen LogP contribution in [0.15, 0.2) is 18.2 Å². The van der Waals surface area contributed by atoms with Gasteiger partial charge < -0.3 is 5.32 Å². The van der Waals surface area contributed by atoms with E-state index in [4.69, 9.17) is 28.2 Å². The lowest BCUT2D eigenvalue weighted by Gasteiger charge is -2.12. The molecule has 1 aromatic carbocycles. The van der Waals surface area contributed by atoms with Crippen LogP contribution in [-0.4, -0.2) is 16.5 Å². The first kappa shape index (κ1) is 14.6. The van der Waals surface area contributed by atoms with Crippen molar-refractivity contribution in [2.45, 2.75) is 32.6 Å². The van der Waals surface area contributed by atoms with Crippen molar-refractivity contribution in [3.05, 3.63) is 50.9 Å². The van der Waals surface area contributed by atoms with Crippen molar-refractivity contribution in [3.8, 4) is 0 Å². The van der Waals surface area contributed by atoms with E-state index < -0.39 is 0 Å². The molecule has 1 aliphatic carbocycles. The van der Waals surface area contributed by atoms with Crippen LogP contribution in [0.3, 0.4) is 0 Å². The first-order valence-electron chi connectivity index (χ1n) is 7.24. The van der Waals surface area contributed by atoms with E-state index in [-0.39, 0.29) is 0 Å². The van der Waals surface area contributed by atoms with Crippen LogP contribution < -0.4 is 5.32 Å². The van der Waals surface area contributed by atoms with Gasteiger partial charge in [0.25, 0.3) is 0 Å². The number of rotatable bonds is 4. The molecule has 3 rings (SSSR count). The lowest BCUT2D eigenvalue weighted by molar-refractivity contribution is 0.885. The Morgan fingerprint density at radius 3 is 2.62 bits per heavy atom. The van der Waals surface area contributed by atoms with Crippen LogP contribution in [-0.2, 0) is 19.3 Å². The number of aromatic nitrogens is 2. The van der Waals surface area contributed by atoms with E-state index in [1.807, 2.05) is 18.2 Å². The van der Waals surface area contributed by atoms with Gasteiger partial charge in [0.1, 0.15) is 11.6 Å². The summed E-state index contributed by atoms with van der Waals surface area (Å²) in [6.45, 7) is 2.93. The summed E-state index contributed by atoms with van der Waals surface area (Å²) in [5, 5.41) is 4.67. The summed E-state index contributed by atoms with van der Waals surface area (Å²) in [5.74, 6) is 1.75. The SMILES string of the molecule is CCNc1nc(Cc2c(Cl)cccc2Cl)nc2c1CCC2. The van der Waals surface area contributed by atoms with Crippen LogP contribution in [0.1, 0.15) is 36.0 Å². The minimum absolute atomic E-state index is 0.560. The molecule has 0 radical (unpaired) electrons. The van der Waals surface area contributed by atoms with Gasteiger partial charge in [0.2, 0.25) is 0 Å². The highest BCUT2D eigenvalue weighted by Gasteiger charge is 2.19. The lowest BCUT2D eigenvalue weighted by Crippen LogP contribution is -2.09. The highest BCUT2D eigenvalue weighted by atomic mass is 35.5. The predicted molar refractivity (Wildman–Crippen MR) is 87.5 cm³/mol. The van der Waals surface area contributed by atoms with E-state index in [1.54, 1.807) is 0 Å². The van der Waals surface area contributed by atoms with Crippen molar-refractivity contribution in [1.29, 1.82) is 0 Å². The van der Waals surface area contributed by atoms with Gasteiger partial charge >= 0.3 is 0 Å². The normalized spacial score (nSPS) is 13.3. The molecular weight excluding hydrogens is 305 g/mol. The molecule has 110 valence electrons. The highest BCUT2D eigenvalue weighted by Crippen LogP contribution is 2.29. The van der Waals surface area contributed by atoms with Crippen LogP contribution in [0, 0.1) is 0 Å². The first-order chi connectivity index (χ1) is 10.2. The van der Waals surface area contributed by atoms with Crippen molar-refractivity contribution in [2.75, 3.05) is 11.9 Å². The van der Waals surface area contributed by atoms with Gasteiger partial charge in [-0.3, -0.25) is 0 Å². The summed E-state index contributed by atoms with van der Waals surface area (Å²) >= 11 is 12.5. The summed E-state index contributed by atoms with van der Waals surface area (Å²) in [7, 11) is 0. The smallest absolute Gasteiger partial charge is 0.135 e. The Labute approximate surface area is 134 Å². The average Bonchev–Trinajstić information content (AvgIpc) is 2.92. The number of anilines is 1. The van der Waals surface area contributed by atoms with Crippen molar-refractivity contribution in [2.24, 2.45) is 0 Å². The molecule has 0 atom stereocenters. The molecule has 3 nitrogen and oxygen atoms in total. The predicted octanol–water partition coefficient (Wildman–Crippen LogP) is 4.29. The van der Waals surface area contributed by atoms with Crippen LogP contribution in [0.4, 0.5) is 5.82 Å². The van der Waals surface area contributed by atoms with Gasteiger partial charge in [-0.05, 0) is 43.9 Å². The number of halogens is 2. The van der Waals surface area contributed by atoms with Gasteiger partial charge in [-0.2, -0.15) is 0 Å². The van der Waals surface area contributed by atoms with Crippen molar-refractivity contribution in [1.82, 2.24) is 9.97 Å². The second-order valence-corrected chi connectivity index (χ2v) is 5.99. The van der Waals surface area contributed by atoms with E-state index in [9.17, 15) is 0 Å². The van der Waals surface area contributed by atoms with Gasteiger partial charge in [0.05, 0.1) is 0 Å². The molecule has 1 aliphatic rings. The zero-order valence-corrected chi connectivity index (χ0v) is 13.4. The molecular formula is C16H17Cl2N3. The monoisotopic (exact) mass is 321 g/mol. The van der Waals surface area contributed by atoms with Crippen LogP contribution in [0.2, 0.25) is 10.0 Å². The van der Waals surface area contributed by atoms with Crippen molar-refractivity contribution in [3.63, 3.8) is 0 Å². The average molecular weight is 322 g/mol. The highest BCUT2D eigenvalue weighted by molar-refractivity contribution is 6.36. The zero-order valence-electron chi connectivity index (χ0n) is 11.9. The summed E-state index contributed by atoms with van der Waals surface area (Å²) in [4.78, 5) is 9.38. The Balaban J connectivity index is 1.98. The van der Waals surface area contributed by atoms with Gasteiger partial charge in [-0.1, -0.05) is 29.3 Å². The number of nitrogens with one attached hydrogen (secondary N) is 1. The molecule has 2 aromatic rings. The largest absolute Gasteiger partial charge is 0.370 e. The number of hydrogen-bond donors (Lipinski definition) is 1. The molecule has 0 bridgehead atoms. The molecule has 0 amide bonds.